The van der Waals surface area contributed by atoms with Gasteiger partial charge in [0, 0.05) is 5.69 Å². The molecule has 1 fully saturated rings. The Kier molecular flexibility index (Phi) is 3.45. The topological polar surface area (TPSA) is 49.8 Å². The Labute approximate surface area is 101 Å². The lowest BCUT2D eigenvalue weighted by Crippen LogP contribution is -2.48. The van der Waals surface area contributed by atoms with E-state index in [0.29, 0.717) is 6.54 Å². The highest BCUT2D eigenvalue weighted by Gasteiger charge is 2.26. The average Bonchev–Trinajstić information content (AvgIpc) is 2.33. The molecule has 1 aromatic carbocycles. The van der Waals surface area contributed by atoms with E-state index in [1.165, 1.54) is 5.56 Å². The maximum Gasteiger partial charge on any atom is 0.253 e. The van der Waals surface area contributed by atoms with Crippen LogP contribution in [-0.2, 0) is 9.53 Å². The first-order valence-electron chi connectivity index (χ1n) is 5.72. The van der Waals surface area contributed by atoms with Gasteiger partial charge in [-0.1, -0.05) is 6.07 Å². The molecule has 1 aromatic rings. The molecular formula is C13H17NO3. The summed E-state index contributed by atoms with van der Waals surface area (Å²) in [5, 5.41) is 9.08. The molecule has 0 radical (unpaired) electrons. The summed E-state index contributed by atoms with van der Waals surface area (Å²) in [5.74, 6) is -0.0575. The van der Waals surface area contributed by atoms with Crippen molar-refractivity contribution in [3.05, 3.63) is 29.3 Å². The van der Waals surface area contributed by atoms with Gasteiger partial charge in [-0.05, 0) is 37.1 Å². The fourth-order valence-corrected chi connectivity index (χ4v) is 1.88. The summed E-state index contributed by atoms with van der Waals surface area (Å²) >= 11 is 0. The van der Waals surface area contributed by atoms with Gasteiger partial charge in [-0.2, -0.15) is 0 Å². The van der Waals surface area contributed by atoms with Crippen LogP contribution in [0.15, 0.2) is 18.2 Å². The zero-order valence-corrected chi connectivity index (χ0v) is 10.1. The third-order valence-corrected chi connectivity index (χ3v) is 3.14. The van der Waals surface area contributed by atoms with E-state index in [0.717, 1.165) is 11.3 Å². The first-order chi connectivity index (χ1) is 8.11. The number of hydrogen-bond donors (Lipinski definition) is 1. The smallest absolute Gasteiger partial charge is 0.253 e. The van der Waals surface area contributed by atoms with Gasteiger partial charge >= 0.3 is 0 Å². The second-order valence-electron chi connectivity index (χ2n) is 4.39. The predicted octanol–water partition coefficient (Wildman–Crippen LogP) is 1.03. The SMILES string of the molecule is Cc1ccc(N2CC(CO)OCC2=O)cc1C. The number of rotatable bonds is 2. The Balaban J connectivity index is 2.24. The molecular weight excluding hydrogens is 218 g/mol. The van der Waals surface area contributed by atoms with E-state index >= 15 is 0 Å². The first-order valence-corrected chi connectivity index (χ1v) is 5.72. The largest absolute Gasteiger partial charge is 0.394 e. The van der Waals surface area contributed by atoms with Gasteiger partial charge < -0.3 is 14.7 Å². The molecule has 4 heteroatoms. The number of morpholine rings is 1. The molecule has 1 saturated heterocycles. The van der Waals surface area contributed by atoms with Crippen LogP contribution in [0.2, 0.25) is 0 Å². The van der Waals surface area contributed by atoms with Gasteiger partial charge in [0.25, 0.3) is 5.91 Å². The minimum atomic E-state index is -0.283. The van der Waals surface area contributed by atoms with Crippen LogP contribution in [0.25, 0.3) is 0 Å². The van der Waals surface area contributed by atoms with E-state index in [2.05, 4.69) is 0 Å². The third kappa shape index (κ3) is 2.48. The van der Waals surface area contributed by atoms with Crippen LogP contribution in [-0.4, -0.2) is 36.9 Å². The van der Waals surface area contributed by atoms with E-state index < -0.39 is 0 Å². The maximum absolute atomic E-state index is 11.8. The Bertz CT molecular complexity index is 431. The lowest BCUT2D eigenvalue weighted by atomic mass is 10.1. The number of aliphatic hydroxyl groups is 1. The average molecular weight is 235 g/mol. The number of benzene rings is 1. The van der Waals surface area contributed by atoms with Crippen LogP contribution in [0.4, 0.5) is 5.69 Å². The Morgan fingerprint density at radius 3 is 2.82 bits per heavy atom. The third-order valence-electron chi connectivity index (χ3n) is 3.14. The van der Waals surface area contributed by atoms with Crippen molar-refractivity contribution in [2.24, 2.45) is 0 Å². The van der Waals surface area contributed by atoms with Crippen molar-refractivity contribution in [2.75, 3.05) is 24.7 Å². The molecule has 1 aliphatic heterocycles. The number of nitrogens with zero attached hydrogens (tertiary/aromatic N) is 1. The monoisotopic (exact) mass is 235 g/mol. The van der Waals surface area contributed by atoms with Gasteiger partial charge in [0.2, 0.25) is 0 Å². The van der Waals surface area contributed by atoms with Crippen molar-refractivity contribution >= 4 is 11.6 Å². The number of aliphatic hydroxyl groups excluding tert-OH is 1. The number of carbonyl (C=O) groups is 1. The van der Waals surface area contributed by atoms with Crippen molar-refractivity contribution in [3.63, 3.8) is 0 Å². The molecule has 1 heterocycles. The van der Waals surface area contributed by atoms with Gasteiger partial charge in [0.15, 0.2) is 0 Å². The summed E-state index contributed by atoms with van der Waals surface area (Å²) in [7, 11) is 0. The summed E-state index contributed by atoms with van der Waals surface area (Å²) in [5.41, 5.74) is 3.23. The van der Waals surface area contributed by atoms with Crippen LogP contribution in [0.5, 0.6) is 0 Å². The molecule has 92 valence electrons. The van der Waals surface area contributed by atoms with Gasteiger partial charge in [0.05, 0.1) is 19.3 Å². The minimum absolute atomic E-state index is 0.0398. The van der Waals surface area contributed by atoms with Crippen molar-refractivity contribution in [2.45, 2.75) is 20.0 Å². The Morgan fingerprint density at radius 1 is 1.41 bits per heavy atom. The van der Waals surface area contributed by atoms with Crippen LogP contribution in [0.3, 0.4) is 0 Å². The van der Waals surface area contributed by atoms with E-state index in [1.54, 1.807) is 4.90 Å². The van der Waals surface area contributed by atoms with E-state index in [1.807, 2.05) is 32.0 Å². The quantitative estimate of drug-likeness (QED) is 0.833. The molecule has 2 rings (SSSR count). The van der Waals surface area contributed by atoms with Crippen molar-refractivity contribution in [3.8, 4) is 0 Å². The minimum Gasteiger partial charge on any atom is -0.394 e. The molecule has 0 saturated carbocycles. The van der Waals surface area contributed by atoms with Crippen molar-refractivity contribution in [1.29, 1.82) is 0 Å². The van der Waals surface area contributed by atoms with E-state index in [9.17, 15) is 4.79 Å². The number of carbonyl (C=O) groups excluding carboxylic acids is 1. The predicted molar refractivity (Wildman–Crippen MR) is 65.1 cm³/mol. The molecule has 0 aliphatic carbocycles. The van der Waals surface area contributed by atoms with Crippen LogP contribution < -0.4 is 4.90 Å². The molecule has 0 spiro atoms. The summed E-state index contributed by atoms with van der Waals surface area (Å²) < 4.78 is 5.20. The number of hydrogen-bond acceptors (Lipinski definition) is 3. The van der Waals surface area contributed by atoms with Crippen LogP contribution >= 0.6 is 0 Å². The lowest BCUT2D eigenvalue weighted by molar-refractivity contribution is -0.130. The highest BCUT2D eigenvalue weighted by Crippen LogP contribution is 2.21. The zero-order valence-electron chi connectivity index (χ0n) is 10.1. The fraction of sp³-hybridized carbons (Fsp3) is 0.462. The molecule has 1 unspecified atom stereocenters. The van der Waals surface area contributed by atoms with Gasteiger partial charge in [-0.25, -0.2) is 0 Å². The normalized spacial score (nSPS) is 20.8. The molecule has 1 aliphatic rings. The number of amides is 1. The fourth-order valence-electron chi connectivity index (χ4n) is 1.88. The van der Waals surface area contributed by atoms with Gasteiger partial charge in [0.1, 0.15) is 6.61 Å². The molecule has 1 atom stereocenters. The number of ether oxygens (including phenoxy) is 1. The first kappa shape index (κ1) is 12.1. The lowest BCUT2D eigenvalue weighted by Gasteiger charge is -2.32. The Morgan fingerprint density at radius 2 is 2.18 bits per heavy atom. The Hall–Kier alpha value is -1.39. The van der Waals surface area contributed by atoms with Gasteiger partial charge in [-0.15, -0.1) is 0 Å². The molecule has 4 nitrogen and oxygen atoms in total. The number of aryl methyl sites for hydroxylation is 2. The molecule has 0 bridgehead atoms. The molecule has 17 heavy (non-hydrogen) atoms. The summed E-state index contributed by atoms with van der Waals surface area (Å²) in [6.07, 6.45) is -0.283. The molecule has 0 aromatic heterocycles. The summed E-state index contributed by atoms with van der Waals surface area (Å²) in [4.78, 5) is 13.4. The van der Waals surface area contributed by atoms with Gasteiger partial charge in [-0.3, -0.25) is 4.79 Å². The van der Waals surface area contributed by atoms with Crippen LogP contribution in [0.1, 0.15) is 11.1 Å². The highest BCUT2D eigenvalue weighted by atomic mass is 16.5. The highest BCUT2D eigenvalue weighted by molar-refractivity contribution is 5.95. The second-order valence-corrected chi connectivity index (χ2v) is 4.39. The van der Waals surface area contributed by atoms with Crippen molar-refractivity contribution < 1.29 is 14.6 Å². The maximum atomic E-state index is 11.8. The number of anilines is 1. The second kappa shape index (κ2) is 4.85. The standard InChI is InChI=1S/C13H17NO3/c1-9-3-4-11(5-10(9)2)14-6-12(7-15)17-8-13(14)16/h3-5,12,15H,6-8H2,1-2H3. The zero-order chi connectivity index (χ0) is 12.4. The summed E-state index contributed by atoms with van der Waals surface area (Å²) in [6, 6.07) is 5.92. The summed E-state index contributed by atoms with van der Waals surface area (Å²) in [6.45, 7) is 4.45. The van der Waals surface area contributed by atoms with Crippen LogP contribution in [0, 0.1) is 13.8 Å². The molecule has 1 N–H and O–H groups in total. The molecule has 1 amide bonds. The van der Waals surface area contributed by atoms with Crippen molar-refractivity contribution in [1.82, 2.24) is 0 Å². The van der Waals surface area contributed by atoms with E-state index in [-0.39, 0.29) is 25.2 Å². The van der Waals surface area contributed by atoms with E-state index in [4.69, 9.17) is 9.84 Å².